The van der Waals surface area contributed by atoms with Gasteiger partial charge in [-0.3, -0.25) is 4.79 Å². The maximum absolute atomic E-state index is 11.8. The molecule has 3 nitrogen and oxygen atoms in total. The zero-order valence-corrected chi connectivity index (χ0v) is 9.65. The molecular weight excluding hydrogens is 190 g/mol. The summed E-state index contributed by atoms with van der Waals surface area (Å²) < 4.78 is 5.00. The molecule has 0 N–H and O–H groups in total. The van der Waals surface area contributed by atoms with Crippen molar-refractivity contribution in [3.8, 4) is 0 Å². The smallest absolute Gasteiger partial charge is 0.255 e. The maximum Gasteiger partial charge on any atom is 0.255 e. The van der Waals surface area contributed by atoms with Crippen molar-refractivity contribution in [3.63, 3.8) is 0 Å². The van der Waals surface area contributed by atoms with E-state index in [0.29, 0.717) is 0 Å². The van der Waals surface area contributed by atoms with Crippen molar-refractivity contribution in [2.75, 3.05) is 19.1 Å². The number of anilines is 1. The molecule has 3 heteroatoms. The Morgan fingerprint density at radius 1 is 1.40 bits per heavy atom. The lowest BCUT2D eigenvalue weighted by Gasteiger charge is -2.22. The molecule has 0 spiro atoms. The Morgan fingerprint density at radius 2 is 2.00 bits per heavy atom. The number of hydrogen-bond donors (Lipinski definition) is 0. The predicted octanol–water partition coefficient (Wildman–Crippen LogP) is 1.99. The lowest BCUT2D eigenvalue weighted by molar-refractivity contribution is -0.127. The van der Waals surface area contributed by atoms with Crippen molar-refractivity contribution in [3.05, 3.63) is 29.8 Å². The lowest BCUT2D eigenvalue weighted by atomic mass is 10.2. The minimum Gasteiger partial charge on any atom is -0.372 e. The highest BCUT2D eigenvalue weighted by atomic mass is 16.5. The zero-order valence-electron chi connectivity index (χ0n) is 9.65. The van der Waals surface area contributed by atoms with Gasteiger partial charge in [0, 0.05) is 19.8 Å². The molecule has 0 saturated heterocycles. The molecule has 0 aliphatic heterocycles. The van der Waals surface area contributed by atoms with Crippen LogP contribution in [0.5, 0.6) is 0 Å². The van der Waals surface area contributed by atoms with Gasteiger partial charge in [0.05, 0.1) is 0 Å². The molecule has 82 valence electrons. The normalized spacial score (nSPS) is 12.3. The van der Waals surface area contributed by atoms with Gasteiger partial charge in [-0.2, -0.15) is 0 Å². The predicted molar refractivity (Wildman–Crippen MR) is 61.1 cm³/mol. The molecule has 0 aliphatic carbocycles. The van der Waals surface area contributed by atoms with Crippen molar-refractivity contribution < 1.29 is 9.53 Å². The van der Waals surface area contributed by atoms with E-state index >= 15 is 0 Å². The first kappa shape index (κ1) is 11.7. The van der Waals surface area contributed by atoms with Crippen LogP contribution in [0.4, 0.5) is 5.69 Å². The van der Waals surface area contributed by atoms with Crippen molar-refractivity contribution in [1.82, 2.24) is 0 Å². The minimum absolute atomic E-state index is 0.0354. The van der Waals surface area contributed by atoms with E-state index in [0.717, 1.165) is 11.3 Å². The highest BCUT2D eigenvalue weighted by molar-refractivity contribution is 5.96. The summed E-state index contributed by atoms with van der Waals surface area (Å²) in [5.41, 5.74) is 2.00. The number of aryl methyl sites for hydroxylation is 1. The number of nitrogens with zero attached hydrogens (tertiary/aromatic N) is 1. The van der Waals surface area contributed by atoms with E-state index in [2.05, 4.69) is 0 Å². The maximum atomic E-state index is 11.8. The molecule has 1 aromatic rings. The van der Waals surface area contributed by atoms with Crippen LogP contribution < -0.4 is 4.90 Å². The van der Waals surface area contributed by atoms with Crippen LogP contribution >= 0.6 is 0 Å². The minimum atomic E-state index is -0.408. The molecule has 0 aromatic heterocycles. The van der Waals surface area contributed by atoms with Gasteiger partial charge in [-0.25, -0.2) is 0 Å². The molecule has 15 heavy (non-hydrogen) atoms. The summed E-state index contributed by atoms with van der Waals surface area (Å²) in [4.78, 5) is 13.5. The number of likely N-dealkylation sites (N-methyl/N-ethyl adjacent to an activating group) is 1. The van der Waals surface area contributed by atoms with Crippen LogP contribution in [0.3, 0.4) is 0 Å². The number of para-hydroxylation sites is 1. The van der Waals surface area contributed by atoms with E-state index < -0.39 is 6.10 Å². The number of methoxy groups -OCH3 is 1. The van der Waals surface area contributed by atoms with E-state index in [4.69, 9.17) is 4.74 Å². The number of carbonyl (C=O) groups excluding carboxylic acids is 1. The van der Waals surface area contributed by atoms with Crippen LogP contribution in [0.15, 0.2) is 24.3 Å². The monoisotopic (exact) mass is 207 g/mol. The molecule has 0 heterocycles. The van der Waals surface area contributed by atoms with Gasteiger partial charge in [-0.05, 0) is 25.5 Å². The number of hydrogen-bond acceptors (Lipinski definition) is 2. The average molecular weight is 207 g/mol. The van der Waals surface area contributed by atoms with Crippen LogP contribution in [0, 0.1) is 6.92 Å². The molecule has 1 amide bonds. The second-order valence-corrected chi connectivity index (χ2v) is 3.56. The number of carbonyl (C=O) groups is 1. The summed E-state index contributed by atoms with van der Waals surface area (Å²) in [6.07, 6.45) is -0.408. The second-order valence-electron chi connectivity index (χ2n) is 3.56. The summed E-state index contributed by atoms with van der Waals surface area (Å²) in [6.45, 7) is 3.73. The van der Waals surface area contributed by atoms with Gasteiger partial charge in [-0.15, -0.1) is 0 Å². The molecule has 0 radical (unpaired) electrons. The number of amides is 1. The molecule has 0 saturated carbocycles. The first-order valence-electron chi connectivity index (χ1n) is 4.94. The summed E-state index contributed by atoms with van der Waals surface area (Å²) >= 11 is 0. The van der Waals surface area contributed by atoms with E-state index in [1.54, 1.807) is 18.9 Å². The molecule has 1 unspecified atom stereocenters. The lowest BCUT2D eigenvalue weighted by Crippen LogP contribution is -2.36. The summed E-state index contributed by atoms with van der Waals surface area (Å²) in [7, 11) is 3.30. The summed E-state index contributed by atoms with van der Waals surface area (Å²) in [5.74, 6) is -0.0354. The van der Waals surface area contributed by atoms with Crippen LogP contribution in [-0.2, 0) is 9.53 Å². The number of ether oxygens (including phenoxy) is 1. The first-order chi connectivity index (χ1) is 7.07. The van der Waals surface area contributed by atoms with Gasteiger partial charge in [0.2, 0.25) is 0 Å². The van der Waals surface area contributed by atoms with Gasteiger partial charge in [0.15, 0.2) is 0 Å². The van der Waals surface area contributed by atoms with Crippen LogP contribution in [0.1, 0.15) is 12.5 Å². The Balaban J connectivity index is 2.90. The quantitative estimate of drug-likeness (QED) is 0.758. The highest BCUT2D eigenvalue weighted by Gasteiger charge is 2.18. The standard InChI is InChI=1S/C12H17NO2/c1-9-7-5-6-8-11(9)13(3)12(14)10(2)15-4/h5-8,10H,1-4H3. The summed E-state index contributed by atoms with van der Waals surface area (Å²) in [5, 5.41) is 0. The van der Waals surface area contributed by atoms with Crippen molar-refractivity contribution in [2.45, 2.75) is 20.0 Å². The van der Waals surface area contributed by atoms with Gasteiger partial charge in [0.1, 0.15) is 6.10 Å². The molecule has 0 aliphatic rings. The first-order valence-corrected chi connectivity index (χ1v) is 4.94. The SMILES string of the molecule is COC(C)C(=O)N(C)c1ccccc1C. The largest absolute Gasteiger partial charge is 0.372 e. The average Bonchev–Trinajstić information content (AvgIpc) is 2.26. The van der Waals surface area contributed by atoms with Crippen molar-refractivity contribution in [1.29, 1.82) is 0 Å². The van der Waals surface area contributed by atoms with Gasteiger partial charge >= 0.3 is 0 Å². The Labute approximate surface area is 90.7 Å². The highest BCUT2D eigenvalue weighted by Crippen LogP contribution is 2.18. The Hall–Kier alpha value is -1.35. The molecule has 0 bridgehead atoms. The fourth-order valence-electron chi connectivity index (χ4n) is 1.43. The van der Waals surface area contributed by atoms with E-state index in [9.17, 15) is 4.79 Å². The van der Waals surface area contributed by atoms with E-state index in [1.165, 1.54) is 7.11 Å². The third-order valence-electron chi connectivity index (χ3n) is 2.51. The molecule has 1 atom stereocenters. The van der Waals surface area contributed by atoms with Gasteiger partial charge in [-0.1, -0.05) is 18.2 Å². The third kappa shape index (κ3) is 2.57. The molecular formula is C12H17NO2. The molecule has 1 rings (SSSR count). The Morgan fingerprint density at radius 3 is 2.53 bits per heavy atom. The topological polar surface area (TPSA) is 29.5 Å². The van der Waals surface area contributed by atoms with Crippen LogP contribution in [0.25, 0.3) is 0 Å². The Bertz CT molecular complexity index is 349. The molecule has 0 fully saturated rings. The van der Waals surface area contributed by atoms with Crippen LogP contribution in [0.2, 0.25) is 0 Å². The third-order valence-corrected chi connectivity index (χ3v) is 2.51. The second kappa shape index (κ2) is 4.94. The van der Waals surface area contributed by atoms with Crippen molar-refractivity contribution >= 4 is 11.6 Å². The van der Waals surface area contributed by atoms with Gasteiger partial charge in [0.25, 0.3) is 5.91 Å². The fourth-order valence-corrected chi connectivity index (χ4v) is 1.43. The summed E-state index contributed by atoms with van der Waals surface area (Å²) in [6, 6.07) is 7.78. The zero-order chi connectivity index (χ0) is 11.4. The Kier molecular flexibility index (Phi) is 3.86. The number of rotatable bonds is 3. The van der Waals surface area contributed by atoms with Crippen molar-refractivity contribution in [2.24, 2.45) is 0 Å². The van der Waals surface area contributed by atoms with E-state index in [1.807, 2.05) is 31.2 Å². The molecule has 1 aromatic carbocycles. The fraction of sp³-hybridized carbons (Fsp3) is 0.417. The van der Waals surface area contributed by atoms with E-state index in [-0.39, 0.29) is 5.91 Å². The number of benzene rings is 1. The van der Waals surface area contributed by atoms with Crippen LogP contribution in [-0.4, -0.2) is 26.2 Å². The van der Waals surface area contributed by atoms with Gasteiger partial charge < -0.3 is 9.64 Å².